The van der Waals surface area contributed by atoms with Crippen LogP contribution in [-0.2, 0) is 20.8 Å². The molecule has 2 atom stereocenters. The van der Waals surface area contributed by atoms with Gasteiger partial charge < -0.3 is 25.2 Å². The molecule has 0 aliphatic heterocycles. The van der Waals surface area contributed by atoms with Gasteiger partial charge in [0, 0.05) is 12.0 Å². The third-order valence-corrected chi connectivity index (χ3v) is 7.70. The molecule has 0 saturated heterocycles. The van der Waals surface area contributed by atoms with Crippen LogP contribution in [0.5, 0.6) is 11.5 Å². The van der Waals surface area contributed by atoms with E-state index in [-0.39, 0.29) is 18.2 Å². The maximum atomic E-state index is 13.3. The predicted octanol–water partition coefficient (Wildman–Crippen LogP) is 3.87. The number of amides is 2. The van der Waals surface area contributed by atoms with E-state index < -0.39 is 28.7 Å². The van der Waals surface area contributed by atoms with Crippen LogP contribution in [0.25, 0.3) is 11.1 Å². The minimum atomic E-state index is -1.14. The Morgan fingerprint density at radius 2 is 1.68 bits per heavy atom. The lowest BCUT2D eigenvalue weighted by Crippen LogP contribution is -2.61. The molecule has 1 unspecified atom stereocenters. The number of carbonyl (C=O) groups excluding carboxylic acids is 2. The molecule has 2 aromatic rings. The molecule has 3 N–H and O–H groups in total. The zero-order valence-electron chi connectivity index (χ0n) is 21.7. The summed E-state index contributed by atoms with van der Waals surface area (Å²) in [5, 5.41) is 14.9. The lowest BCUT2D eigenvalue weighted by atomic mass is 9.94. The van der Waals surface area contributed by atoms with E-state index in [9.17, 15) is 19.5 Å². The van der Waals surface area contributed by atoms with Crippen molar-refractivity contribution < 1.29 is 29.0 Å². The van der Waals surface area contributed by atoms with Crippen molar-refractivity contribution in [1.82, 2.24) is 10.6 Å². The molecule has 1 aliphatic rings. The Balaban J connectivity index is 1.75. The Bertz CT molecular complexity index is 1110. The SMILES string of the molecule is COc1cccc(-c2ccc(CC(NC(=O)C3(NC(=O)[C@@H](S)C(C)C)CCCC3)C(=O)O)cc2)c1OC. The third kappa shape index (κ3) is 6.57. The van der Waals surface area contributed by atoms with E-state index in [2.05, 4.69) is 23.3 Å². The molecule has 2 aromatic carbocycles. The van der Waals surface area contributed by atoms with Crippen molar-refractivity contribution in [2.24, 2.45) is 5.92 Å². The number of hydrogen-bond donors (Lipinski definition) is 4. The molecule has 8 nitrogen and oxygen atoms in total. The normalized spacial score (nSPS) is 16.1. The van der Waals surface area contributed by atoms with E-state index in [4.69, 9.17) is 9.47 Å². The van der Waals surface area contributed by atoms with Gasteiger partial charge >= 0.3 is 5.97 Å². The van der Waals surface area contributed by atoms with E-state index in [0.29, 0.717) is 24.3 Å². The van der Waals surface area contributed by atoms with Gasteiger partial charge in [0.05, 0.1) is 19.5 Å². The molecule has 3 rings (SSSR count). The molecule has 200 valence electrons. The number of aliphatic carboxylic acids is 1. The van der Waals surface area contributed by atoms with Gasteiger partial charge in [-0.05, 0) is 36.0 Å². The minimum absolute atomic E-state index is 0.00321. The van der Waals surface area contributed by atoms with Crippen molar-refractivity contribution in [3.8, 4) is 22.6 Å². The van der Waals surface area contributed by atoms with Crippen LogP contribution in [0.2, 0.25) is 0 Å². The van der Waals surface area contributed by atoms with Crippen LogP contribution in [-0.4, -0.2) is 53.9 Å². The van der Waals surface area contributed by atoms with Gasteiger partial charge in [-0.25, -0.2) is 4.79 Å². The second kappa shape index (κ2) is 12.4. The summed E-state index contributed by atoms with van der Waals surface area (Å²) in [7, 11) is 3.15. The molecule has 0 heterocycles. The summed E-state index contributed by atoms with van der Waals surface area (Å²) in [6.07, 6.45) is 2.58. The summed E-state index contributed by atoms with van der Waals surface area (Å²) < 4.78 is 10.9. The molecule has 0 bridgehead atoms. The molecule has 0 spiro atoms. The van der Waals surface area contributed by atoms with Crippen molar-refractivity contribution in [3.05, 3.63) is 48.0 Å². The van der Waals surface area contributed by atoms with E-state index in [1.165, 1.54) is 0 Å². The number of ether oxygens (including phenoxy) is 2. The largest absolute Gasteiger partial charge is 0.493 e. The highest BCUT2D eigenvalue weighted by molar-refractivity contribution is 7.81. The quantitative estimate of drug-likeness (QED) is 0.329. The number of para-hydroxylation sites is 1. The summed E-state index contributed by atoms with van der Waals surface area (Å²) in [4.78, 5) is 38.1. The highest BCUT2D eigenvalue weighted by atomic mass is 32.1. The zero-order valence-corrected chi connectivity index (χ0v) is 22.6. The highest BCUT2D eigenvalue weighted by Gasteiger charge is 2.44. The molecule has 0 aromatic heterocycles. The van der Waals surface area contributed by atoms with E-state index in [0.717, 1.165) is 29.5 Å². The summed E-state index contributed by atoms with van der Waals surface area (Å²) in [5.74, 6) is -0.697. The summed E-state index contributed by atoms with van der Waals surface area (Å²) >= 11 is 4.37. The topological polar surface area (TPSA) is 114 Å². The van der Waals surface area contributed by atoms with Gasteiger partial charge in [-0.2, -0.15) is 12.6 Å². The number of hydrogen-bond acceptors (Lipinski definition) is 6. The van der Waals surface area contributed by atoms with Crippen molar-refractivity contribution in [3.63, 3.8) is 0 Å². The van der Waals surface area contributed by atoms with Crippen molar-refractivity contribution >= 4 is 30.4 Å². The van der Waals surface area contributed by atoms with Gasteiger partial charge in [0.2, 0.25) is 11.8 Å². The number of rotatable bonds is 11. The van der Waals surface area contributed by atoms with Gasteiger partial charge in [-0.1, -0.05) is 63.1 Å². The van der Waals surface area contributed by atoms with E-state index in [1.54, 1.807) is 14.2 Å². The fourth-order valence-electron chi connectivity index (χ4n) is 4.67. The monoisotopic (exact) mass is 528 g/mol. The molecule has 37 heavy (non-hydrogen) atoms. The molecule has 0 radical (unpaired) electrons. The Morgan fingerprint density at radius 1 is 1.03 bits per heavy atom. The first-order chi connectivity index (χ1) is 17.6. The second-order valence-corrected chi connectivity index (χ2v) is 10.3. The summed E-state index contributed by atoms with van der Waals surface area (Å²) in [5.41, 5.74) is 1.36. The first-order valence-corrected chi connectivity index (χ1v) is 13.0. The second-order valence-electron chi connectivity index (χ2n) is 9.77. The average Bonchev–Trinajstić information content (AvgIpc) is 3.37. The first-order valence-electron chi connectivity index (χ1n) is 12.5. The molecule has 1 fully saturated rings. The standard InChI is InChI=1S/C28H36N2O6S/c1-17(2)24(37)25(31)30-28(14-5-6-15-28)27(34)29-21(26(32)33)16-18-10-12-19(13-11-18)20-8-7-9-22(35-3)23(20)36-4/h7-13,17,21,24,37H,5-6,14-16H2,1-4H3,(H,29,34)(H,30,31)(H,32,33)/t21?,24-/m0/s1. The molecular formula is C28H36N2O6S. The van der Waals surface area contributed by atoms with Crippen molar-refractivity contribution in [2.45, 2.75) is 62.8 Å². The van der Waals surface area contributed by atoms with Crippen LogP contribution in [0.15, 0.2) is 42.5 Å². The number of nitrogens with one attached hydrogen (secondary N) is 2. The lowest BCUT2D eigenvalue weighted by molar-refractivity contribution is -0.143. The van der Waals surface area contributed by atoms with Crippen LogP contribution in [0.3, 0.4) is 0 Å². The number of carbonyl (C=O) groups is 3. The Hall–Kier alpha value is -3.20. The minimum Gasteiger partial charge on any atom is -0.493 e. The predicted molar refractivity (Wildman–Crippen MR) is 145 cm³/mol. The van der Waals surface area contributed by atoms with Crippen molar-refractivity contribution in [2.75, 3.05) is 14.2 Å². The number of carboxylic acids is 1. The van der Waals surface area contributed by atoms with Gasteiger partial charge in [0.15, 0.2) is 11.5 Å². The number of thiol groups is 1. The van der Waals surface area contributed by atoms with Gasteiger partial charge in [-0.15, -0.1) is 0 Å². The number of benzene rings is 2. The maximum absolute atomic E-state index is 13.3. The lowest BCUT2D eigenvalue weighted by Gasteiger charge is -2.32. The Kier molecular flexibility index (Phi) is 9.48. The molecule has 1 aliphatic carbocycles. The summed E-state index contributed by atoms with van der Waals surface area (Å²) in [6, 6.07) is 11.9. The zero-order chi connectivity index (χ0) is 27.2. The molecule has 9 heteroatoms. The average molecular weight is 529 g/mol. The Morgan fingerprint density at radius 3 is 2.22 bits per heavy atom. The molecule has 1 saturated carbocycles. The van der Waals surface area contributed by atoms with Crippen LogP contribution in [0, 0.1) is 5.92 Å². The number of methoxy groups -OCH3 is 2. The van der Waals surface area contributed by atoms with Gasteiger partial charge in [0.1, 0.15) is 11.6 Å². The number of carboxylic acid groups (broad SMARTS) is 1. The van der Waals surface area contributed by atoms with Crippen LogP contribution < -0.4 is 20.1 Å². The molecule has 2 amide bonds. The summed E-state index contributed by atoms with van der Waals surface area (Å²) in [6.45, 7) is 3.77. The van der Waals surface area contributed by atoms with E-state index >= 15 is 0 Å². The van der Waals surface area contributed by atoms with E-state index in [1.807, 2.05) is 56.3 Å². The third-order valence-electron chi connectivity index (χ3n) is 6.87. The van der Waals surface area contributed by atoms with Crippen LogP contribution >= 0.6 is 12.6 Å². The smallest absolute Gasteiger partial charge is 0.326 e. The first kappa shape index (κ1) is 28.4. The van der Waals surface area contributed by atoms with Crippen molar-refractivity contribution in [1.29, 1.82) is 0 Å². The maximum Gasteiger partial charge on any atom is 0.326 e. The van der Waals surface area contributed by atoms with Crippen LogP contribution in [0.1, 0.15) is 45.1 Å². The molecular weight excluding hydrogens is 492 g/mol. The fourth-order valence-corrected chi connectivity index (χ4v) is 4.73. The fraction of sp³-hybridized carbons (Fsp3) is 0.464. The highest BCUT2D eigenvalue weighted by Crippen LogP contribution is 2.38. The van der Waals surface area contributed by atoms with Gasteiger partial charge in [0.25, 0.3) is 0 Å². The van der Waals surface area contributed by atoms with Crippen LogP contribution in [0.4, 0.5) is 0 Å². The Labute approximate surface area is 223 Å². The van der Waals surface area contributed by atoms with Gasteiger partial charge in [-0.3, -0.25) is 9.59 Å².